The van der Waals surface area contributed by atoms with Gasteiger partial charge in [0.1, 0.15) is 0 Å². The third-order valence-corrected chi connectivity index (χ3v) is 4.33. The van der Waals surface area contributed by atoms with Gasteiger partial charge in [0.2, 0.25) is 0 Å². The molecule has 17 heavy (non-hydrogen) atoms. The van der Waals surface area contributed by atoms with Crippen molar-refractivity contribution < 1.29 is 19.4 Å². The van der Waals surface area contributed by atoms with Crippen molar-refractivity contribution in [2.24, 2.45) is 19.8 Å². The smallest absolute Gasteiger partial charge is 0.0178 e. The van der Waals surface area contributed by atoms with E-state index in [1.54, 1.807) is 0 Å². The van der Waals surface area contributed by atoms with Crippen molar-refractivity contribution in [3.8, 4) is 0 Å². The van der Waals surface area contributed by atoms with Crippen LogP contribution in [-0.2, 0) is 40.0 Å². The molecule has 1 heterocycles. The summed E-state index contributed by atoms with van der Waals surface area (Å²) >= 11 is 5.61. The second-order valence-electron chi connectivity index (χ2n) is 3.59. The molecule has 0 aliphatic carbocycles. The van der Waals surface area contributed by atoms with Crippen LogP contribution in [0.1, 0.15) is 5.56 Å². The van der Waals surface area contributed by atoms with Gasteiger partial charge in [-0.25, -0.2) is 0 Å². The molecule has 0 fully saturated rings. The van der Waals surface area contributed by atoms with Crippen molar-refractivity contribution >= 4 is 15.9 Å². The molecule has 0 unspecified atom stereocenters. The molecular weight excluding hydrogens is 461 g/mol. The topological polar surface area (TPSA) is 35.9 Å². The van der Waals surface area contributed by atoms with Gasteiger partial charge in [-0.3, -0.25) is 0 Å². The fourth-order valence-corrected chi connectivity index (χ4v) is 1.79. The van der Waals surface area contributed by atoms with E-state index in [0.717, 1.165) is 4.47 Å². The Morgan fingerprint density at radius 2 is 1.59 bits per heavy atom. The van der Waals surface area contributed by atoms with Crippen LogP contribution in [0.4, 0.5) is 0 Å². The van der Waals surface area contributed by atoms with Crippen LogP contribution >= 0.6 is 15.9 Å². The summed E-state index contributed by atoms with van der Waals surface area (Å²) in [7, 11) is 4.06. The second kappa shape index (κ2) is 7.10. The van der Waals surface area contributed by atoms with Crippen LogP contribution in [0.3, 0.4) is 0 Å². The van der Waals surface area contributed by atoms with Gasteiger partial charge in [-0.05, 0) is 17.7 Å². The molecule has 0 atom stereocenters. The molecule has 2 aromatic rings. The molecule has 1 aromatic carbocycles. The van der Waals surface area contributed by atoms with Crippen molar-refractivity contribution in [3.63, 3.8) is 0 Å². The Kier molecular flexibility index (Phi) is 6.10. The minimum absolute atomic E-state index is 0.618. The summed E-state index contributed by atoms with van der Waals surface area (Å²) in [5.41, 5.74) is 6.55. The number of nitrogens with zero attached hydrogens (tertiary/aromatic N) is 2. The van der Waals surface area contributed by atoms with Gasteiger partial charge in [-0.1, -0.05) is 28.1 Å². The largest absolute Gasteiger partial charge is 0.326 e. The number of aromatic nitrogens is 2. The molecular formula is C12H16BrN3Pt. The normalized spacial score (nSPS) is 9.76. The predicted octanol–water partition coefficient (Wildman–Crippen LogP) is 2.35. The quantitative estimate of drug-likeness (QED) is 0.673. The zero-order valence-corrected chi connectivity index (χ0v) is 13.7. The van der Waals surface area contributed by atoms with E-state index in [4.69, 9.17) is 5.73 Å². The maximum Gasteiger partial charge on any atom is 0.0178 e. The van der Waals surface area contributed by atoms with E-state index in [1.807, 2.05) is 50.8 Å². The fraction of sp³-hybridized carbons (Fsp3) is 0.250. The summed E-state index contributed by atoms with van der Waals surface area (Å²) in [4.78, 5) is 0. The molecule has 3 nitrogen and oxygen atoms in total. The van der Waals surface area contributed by atoms with Crippen molar-refractivity contribution in [2.75, 3.05) is 0 Å². The van der Waals surface area contributed by atoms with Gasteiger partial charge in [0.05, 0.1) is 0 Å². The molecule has 1 aromatic heterocycles. The first-order valence-electron chi connectivity index (χ1n) is 5.12. The van der Waals surface area contributed by atoms with Gasteiger partial charge in [0, 0.05) is 11.0 Å². The summed E-state index contributed by atoms with van der Waals surface area (Å²) in [5.74, 6) is 0. The van der Waals surface area contributed by atoms with Crippen LogP contribution < -0.4 is 5.73 Å². The fourth-order valence-electron chi connectivity index (χ4n) is 1.18. The van der Waals surface area contributed by atoms with E-state index < -0.39 is 0 Å². The number of aryl methyl sites for hydroxylation is 2. The van der Waals surface area contributed by atoms with Gasteiger partial charge in [0.15, 0.2) is 0 Å². The van der Waals surface area contributed by atoms with Gasteiger partial charge in [-0.2, -0.15) is 0 Å². The van der Waals surface area contributed by atoms with Gasteiger partial charge in [-0.15, -0.1) is 0 Å². The third kappa shape index (κ3) is 4.74. The zero-order chi connectivity index (χ0) is 12.8. The Labute approximate surface area is 121 Å². The van der Waals surface area contributed by atoms with Crippen molar-refractivity contribution in [1.82, 2.24) is 9.13 Å². The molecule has 96 valence electrons. The summed E-state index contributed by atoms with van der Waals surface area (Å²) in [6.45, 7) is 0.618. The SMILES string of the molecule is Cn1ccn(C)[c]1=[Pt].NCc1ccc(Br)cc1. The summed E-state index contributed by atoms with van der Waals surface area (Å²) < 4.78 is 6.48. The summed E-state index contributed by atoms with van der Waals surface area (Å²) in [6.07, 6.45) is 4.06. The van der Waals surface area contributed by atoms with E-state index in [0.29, 0.717) is 6.54 Å². The molecule has 0 aliphatic rings. The Hall–Kier alpha value is -0.442. The molecule has 0 saturated heterocycles. The van der Waals surface area contributed by atoms with Crippen LogP contribution in [-0.4, -0.2) is 9.13 Å². The Bertz CT molecular complexity index is 491. The predicted molar refractivity (Wildman–Crippen MR) is 69.7 cm³/mol. The molecule has 0 radical (unpaired) electrons. The first kappa shape index (κ1) is 14.6. The van der Waals surface area contributed by atoms with Crippen molar-refractivity contribution in [3.05, 3.63) is 50.5 Å². The average Bonchev–Trinajstić information content (AvgIpc) is 2.62. The number of hydrogen-bond donors (Lipinski definition) is 1. The van der Waals surface area contributed by atoms with Crippen LogP contribution in [0.25, 0.3) is 0 Å². The average molecular weight is 477 g/mol. The van der Waals surface area contributed by atoms with Crippen molar-refractivity contribution in [1.29, 1.82) is 0 Å². The van der Waals surface area contributed by atoms with E-state index >= 15 is 0 Å². The Morgan fingerprint density at radius 3 is 1.88 bits per heavy atom. The van der Waals surface area contributed by atoms with Crippen LogP contribution in [0.2, 0.25) is 0 Å². The molecule has 2 rings (SSSR count). The number of hydrogen-bond acceptors (Lipinski definition) is 1. The molecule has 0 spiro atoms. The number of imidazole rings is 1. The molecule has 5 heteroatoms. The number of rotatable bonds is 1. The van der Waals surface area contributed by atoms with Crippen LogP contribution in [0, 0.1) is 3.80 Å². The monoisotopic (exact) mass is 476 g/mol. The van der Waals surface area contributed by atoms with E-state index in [1.165, 1.54) is 9.37 Å². The number of halogens is 1. The number of benzene rings is 1. The molecule has 0 saturated carbocycles. The maximum absolute atomic E-state index is 5.38. The van der Waals surface area contributed by atoms with Gasteiger partial charge >= 0.3 is 58.8 Å². The molecule has 0 bridgehead atoms. The molecule has 0 aliphatic heterocycles. The minimum atomic E-state index is 0.618. The Morgan fingerprint density at radius 1 is 1.12 bits per heavy atom. The summed E-state index contributed by atoms with van der Waals surface area (Å²) in [5, 5.41) is 0. The first-order chi connectivity index (χ1) is 8.04. The second-order valence-corrected chi connectivity index (χ2v) is 5.52. The number of nitrogens with two attached hydrogens (primary N) is 1. The van der Waals surface area contributed by atoms with Gasteiger partial charge in [0.25, 0.3) is 0 Å². The van der Waals surface area contributed by atoms with E-state index in [-0.39, 0.29) is 0 Å². The van der Waals surface area contributed by atoms with Crippen LogP contribution in [0.15, 0.2) is 41.1 Å². The maximum atomic E-state index is 5.38. The van der Waals surface area contributed by atoms with E-state index in [2.05, 4.69) is 44.4 Å². The Balaban J connectivity index is 0.000000171. The summed E-state index contributed by atoms with van der Waals surface area (Å²) in [6, 6.07) is 7.98. The van der Waals surface area contributed by atoms with E-state index in [9.17, 15) is 0 Å². The zero-order valence-electron chi connectivity index (χ0n) is 9.84. The minimum Gasteiger partial charge on any atom is -0.326 e. The first-order valence-corrected chi connectivity index (χ1v) is 7.05. The molecule has 0 amide bonds. The molecule has 2 N–H and O–H groups in total. The van der Waals surface area contributed by atoms with Crippen molar-refractivity contribution in [2.45, 2.75) is 6.54 Å². The van der Waals surface area contributed by atoms with Crippen LogP contribution in [0.5, 0.6) is 0 Å². The standard InChI is InChI=1S/C7H8BrN.C5H8N2.Pt/c8-7-3-1-6(5-9)2-4-7;1-6-3-4-7(2)5-6;/h1-4H,5,9H2;3-4H,1-2H3;. The van der Waals surface area contributed by atoms with Gasteiger partial charge < -0.3 is 5.73 Å². The third-order valence-electron chi connectivity index (χ3n) is 2.20.